The van der Waals surface area contributed by atoms with E-state index in [1.54, 1.807) is 34.9 Å². The summed E-state index contributed by atoms with van der Waals surface area (Å²) in [4.78, 5) is 35.3. The van der Waals surface area contributed by atoms with Crippen molar-refractivity contribution in [2.24, 2.45) is 0 Å². The van der Waals surface area contributed by atoms with E-state index in [9.17, 15) is 18.0 Å². The van der Waals surface area contributed by atoms with Crippen LogP contribution in [-0.4, -0.2) is 34.8 Å². The molecule has 0 radical (unpaired) electrons. The number of rotatable bonds is 9. The maximum Gasteiger partial charge on any atom is 0.285 e. The third-order valence-electron chi connectivity index (χ3n) is 4.55. The molecule has 3 heterocycles. The summed E-state index contributed by atoms with van der Waals surface area (Å²) in [6, 6.07) is 9.33. The van der Waals surface area contributed by atoms with Crippen LogP contribution >= 0.6 is 57.5 Å². The first kappa shape index (κ1) is 26.5. The highest BCUT2D eigenvalue weighted by atomic mass is 35.5. The van der Waals surface area contributed by atoms with Gasteiger partial charge in [-0.15, -0.1) is 27.5 Å². The van der Waals surface area contributed by atoms with Crippen LogP contribution in [-0.2, 0) is 23.1 Å². The van der Waals surface area contributed by atoms with Gasteiger partial charge in [-0.2, -0.15) is 0 Å². The second kappa shape index (κ2) is 11.3. The predicted octanol–water partition coefficient (Wildman–Crippen LogP) is 3.96. The number of thiophene rings is 1. The zero-order chi connectivity index (χ0) is 25.9. The summed E-state index contributed by atoms with van der Waals surface area (Å²) in [5, 5.41) is 5.65. The standard InChI is InChI=1S/C20H15Cl3N6O4S3/c21-12-3-1-11(2-4-12)19(30)24-7-13-5-6-16(35-13)36(32,33)28-27-20(31)14-9-34-15(26-14)8-29-10-25-17(22)18(29)23/h1-6,9-10,28H,7-8H2,(H,24,30)(H,27,31). The van der Waals surface area contributed by atoms with Gasteiger partial charge >= 0.3 is 0 Å². The van der Waals surface area contributed by atoms with Crippen molar-refractivity contribution < 1.29 is 18.0 Å². The third kappa shape index (κ3) is 6.42. The quantitative estimate of drug-likeness (QED) is 0.247. The van der Waals surface area contributed by atoms with Gasteiger partial charge in [-0.1, -0.05) is 34.8 Å². The maximum atomic E-state index is 12.6. The number of halogens is 3. The summed E-state index contributed by atoms with van der Waals surface area (Å²) >= 11 is 19.8. The molecule has 0 saturated heterocycles. The average molecular weight is 606 g/mol. The first-order valence-electron chi connectivity index (χ1n) is 9.87. The molecule has 1 aromatic carbocycles. The monoisotopic (exact) mass is 604 g/mol. The zero-order valence-electron chi connectivity index (χ0n) is 17.9. The van der Waals surface area contributed by atoms with Crippen LogP contribution in [0, 0.1) is 0 Å². The molecule has 0 unspecified atom stereocenters. The SMILES string of the molecule is O=C(NCc1ccc(S(=O)(=O)NNC(=O)c2csc(Cn3cnc(Cl)c3Cl)n2)s1)c1ccc(Cl)cc1. The van der Waals surface area contributed by atoms with Crippen LogP contribution < -0.4 is 15.6 Å². The summed E-state index contributed by atoms with van der Waals surface area (Å²) in [7, 11) is -4.04. The molecule has 0 aliphatic heterocycles. The molecule has 0 fully saturated rings. The lowest BCUT2D eigenvalue weighted by Crippen LogP contribution is -2.41. The number of hydrazine groups is 1. The fourth-order valence-corrected chi connectivity index (χ4v) is 6.12. The van der Waals surface area contributed by atoms with E-state index in [4.69, 9.17) is 34.8 Å². The maximum absolute atomic E-state index is 12.6. The number of amides is 2. The molecule has 0 saturated carbocycles. The molecule has 3 aromatic heterocycles. The molecule has 2 amide bonds. The van der Waals surface area contributed by atoms with Crippen molar-refractivity contribution in [1.29, 1.82) is 0 Å². The molecule has 3 N–H and O–H groups in total. The number of carbonyl (C=O) groups excluding carboxylic acids is 2. The molecule has 16 heteroatoms. The van der Waals surface area contributed by atoms with E-state index >= 15 is 0 Å². The predicted molar refractivity (Wildman–Crippen MR) is 138 cm³/mol. The lowest BCUT2D eigenvalue weighted by Gasteiger charge is -2.06. The van der Waals surface area contributed by atoms with Crippen molar-refractivity contribution in [3.8, 4) is 0 Å². The highest BCUT2D eigenvalue weighted by molar-refractivity contribution is 7.91. The van der Waals surface area contributed by atoms with E-state index in [0.717, 1.165) is 11.3 Å². The number of benzene rings is 1. The lowest BCUT2D eigenvalue weighted by molar-refractivity contribution is 0.0936. The number of nitrogens with one attached hydrogen (secondary N) is 3. The van der Waals surface area contributed by atoms with Crippen molar-refractivity contribution in [2.45, 2.75) is 17.3 Å². The van der Waals surface area contributed by atoms with E-state index in [1.165, 1.54) is 29.1 Å². The van der Waals surface area contributed by atoms with E-state index in [-0.39, 0.29) is 39.2 Å². The Labute approximate surface area is 228 Å². The highest BCUT2D eigenvalue weighted by Gasteiger charge is 2.20. The van der Waals surface area contributed by atoms with Crippen LogP contribution in [0.25, 0.3) is 0 Å². The summed E-state index contributed by atoms with van der Waals surface area (Å²) in [6.45, 7) is 0.372. The summed E-state index contributed by atoms with van der Waals surface area (Å²) < 4.78 is 26.7. The molecule has 0 spiro atoms. The smallest absolute Gasteiger partial charge is 0.285 e. The van der Waals surface area contributed by atoms with Gasteiger partial charge in [0.1, 0.15) is 20.1 Å². The topological polar surface area (TPSA) is 135 Å². The Morgan fingerprint density at radius 2 is 1.78 bits per heavy atom. The third-order valence-corrected chi connectivity index (χ3v) is 9.23. The second-order valence-corrected chi connectivity index (χ2v) is 12.2. The van der Waals surface area contributed by atoms with E-state index in [2.05, 4.69) is 20.7 Å². The van der Waals surface area contributed by atoms with Crippen LogP contribution in [0.1, 0.15) is 30.7 Å². The molecule has 0 aliphatic carbocycles. The van der Waals surface area contributed by atoms with Crippen molar-refractivity contribution in [3.63, 3.8) is 0 Å². The van der Waals surface area contributed by atoms with Crippen LogP contribution in [0.3, 0.4) is 0 Å². The van der Waals surface area contributed by atoms with Gasteiger partial charge in [-0.25, -0.2) is 18.4 Å². The van der Waals surface area contributed by atoms with Gasteiger partial charge in [0.25, 0.3) is 21.8 Å². The highest BCUT2D eigenvalue weighted by Crippen LogP contribution is 2.23. The van der Waals surface area contributed by atoms with Gasteiger partial charge in [-0.3, -0.25) is 15.0 Å². The number of hydrogen-bond acceptors (Lipinski definition) is 8. The van der Waals surface area contributed by atoms with Gasteiger partial charge < -0.3 is 9.88 Å². The molecule has 4 aromatic rings. The molecule has 188 valence electrons. The van der Waals surface area contributed by atoms with Gasteiger partial charge in [0, 0.05) is 20.8 Å². The van der Waals surface area contributed by atoms with Gasteiger partial charge in [0.05, 0.1) is 19.4 Å². The van der Waals surface area contributed by atoms with Crippen LogP contribution in [0.2, 0.25) is 15.3 Å². The van der Waals surface area contributed by atoms with E-state index < -0.39 is 15.9 Å². The first-order chi connectivity index (χ1) is 17.1. The number of imidazole rings is 1. The summed E-state index contributed by atoms with van der Waals surface area (Å²) in [5.74, 6) is -1.06. The minimum atomic E-state index is -4.04. The Bertz CT molecular complexity index is 1520. The second-order valence-electron chi connectivity index (χ2n) is 7.05. The molecular formula is C20H15Cl3N6O4S3. The number of hydrogen-bond donors (Lipinski definition) is 3. The molecule has 0 bridgehead atoms. The largest absolute Gasteiger partial charge is 0.347 e. The van der Waals surface area contributed by atoms with Crippen molar-refractivity contribution in [2.75, 3.05) is 0 Å². The van der Waals surface area contributed by atoms with Crippen molar-refractivity contribution >= 4 is 79.3 Å². The van der Waals surface area contributed by atoms with Crippen LogP contribution in [0.5, 0.6) is 0 Å². The average Bonchev–Trinajstić information content (AvgIpc) is 3.60. The lowest BCUT2D eigenvalue weighted by atomic mass is 10.2. The number of thiazole rings is 1. The Morgan fingerprint density at radius 1 is 1.03 bits per heavy atom. The minimum absolute atomic E-state index is 0.0248. The Hall–Kier alpha value is -2.52. The zero-order valence-corrected chi connectivity index (χ0v) is 22.6. The molecule has 0 atom stereocenters. The van der Waals surface area contributed by atoms with Gasteiger partial charge in [0.15, 0.2) is 5.15 Å². The Kier molecular flexibility index (Phi) is 8.30. The summed E-state index contributed by atoms with van der Waals surface area (Å²) in [5.41, 5.74) is 2.59. The fourth-order valence-electron chi connectivity index (χ4n) is 2.78. The van der Waals surface area contributed by atoms with Gasteiger partial charge in [-0.05, 0) is 36.4 Å². The fraction of sp³-hybridized carbons (Fsp3) is 0.100. The van der Waals surface area contributed by atoms with Crippen molar-refractivity contribution in [3.05, 3.63) is 84.6 Å². The van der Waals surface area contributed by atoms with Gasteiger partial charge in [0.2, 0.25) is 0 Å². The Morgan fingerprint density at radius 3 is 2.47 bits per heavy atom. The molecule has 4 rings (SSSR count). The molecule has 10 nitrogen and oxygen atoms in total. The minimum Gasteiger partial charge on any atom is -0.347 e. The molecular weight excluding hydrogens is 591 g/mol. The van der Waals surface area contributed by atoms with Crippen LogP contribution in [0.4, 0.5) is 0 Å². The summed E-state index contributed by atoms with van der Waals surface area (Å²) in [6.07, 6.45) is 1.44. The molecule has 36 heavy (non-hydrogen) atoms. The van der Waals surface area contributed by atoms with E-state index in [0.29, 0.717) is 20.5 Å². The number of carbonyl (C=O) groups is 2. The van der Waals surface area contributed by atoms with Crippen molar-refractivity contribution in [1.82, 2.24) is 30.1 Å². The number of sulfonamides is 1. The first-order valence-corrected chi connectivity index (χ1v) is 14.2. The number of nitrogens with zero attached hydrogens (tertiary/aromatic N) is 3. The van der Waals surface area contributed by atoms with Crippen LogP contribution in [0.15, 0.2) is 52.3 Å². The normalized spacial score (nSPS) is 11.4. The number of aromatic nitrogens is 3. The van der Waals surface area contributed by atoms with E-state index in [1.807, 2.05) is 4.83 Å². The molecule has 0 aliphatic rings. The Balaban J connectivity index is 1.31.